The Hall–Kier alpha value is -2.21. The molecule has 1 amide bonds. The standard InChI is InChI=1S/C18H18FNO3S/c19-14-3-1-12(2-4-14)11-13-7-9-20(10-8-13)17(21)15-5-6-16(24-15)18(22)23/h1-6,13H,7-11H2,(H,22,23). The van der Waals surface area contributed by atoms with E-state index in [1.54, 1.807) is 11.0 Å². The van der Waals surface area contributed by atoms with Gasteiger partial charge in [-0.1, -0.05) is 12.1 Å². The minimum Gasteiger partial charge on any atom is -0.477 e. The van der Waals surface area contributed by atoms with E-state index < -0.39 is 5.97 Å². The number of hydrogen-bond acceptors (Lipinski definition) is 3. The van der Waals surface area contributed by atoms with Crippen LogP contribution in [-0.2, 0) is 6.42 Å². The molecule has 1 aliphatic rings. The SMILES string of the molecule is O=C(O)c1ccc(C(=O)N2CCC(Cc3ccc(F)cc3)CC2)s1. The molecule has 0 spiro atoms. The Morgan fingerprint density at radius 2 is 1.71 bits per heavy atom. The van der Waals surface area contributed by atoms with E-state index in [1.165, 1.54) is 18.2 Å². The zero-order valence-electron chi connectivity index (χ0n) is 13.1. The Balaban J connectivity index is 1.55. The minimum atomic E-state index is -1.00. The molecule has 1 aromatic carbocycles. The van der Waals surface area contributed by atoms with Gasteiger partial charge in [0, 0.05) is 13.1 Å². The van der Waals surface area contributed by atoms with Gasteiger partial charge in [-0.05, 0) is 55.0 Å². The van der Waals surface area contributed by atoms with E-state index in [4.69, 9.17) is 5.11 Å². The summed E-state index contributed by atoms with van der Waals surface area (Å²) in [5.74, 6) is -0.835. The number of carbonyl (C=O) groups excluding carboxylic acids is 1. The van der Waals surface area contributed by atoms with Crippen LogP contribution in [0.25, 0.3) is 0 Å². The first-order chi connectivity index (χ1) is 11.5. The van der Waals surface area contributed by atoms with Crippen molar-refractivity contribution in [1.29, 1.82) is 0 Å². The molecule has 1 N–H and O–H groups in total. The fourth-order valence-electron chi connectivity index (χ4n) is 3.02. The number of carboxylic acids is 1. The Kier molecular flexibility index (Phi) is 4.94. The third-order valence-corrected chi connectivity index (χ3v) is 5.43. The summed E-state index contributed by atoms with van der Waals surface area (Å²) in [5.41, 5.74) is 1.12. The summed E-state index contributed by atoms with van der Waals surface area (Å²) in [6.07, 6.45) is 2.70. The molecular weight excluding hydrogens is 329 g/mol. The highest BCUT2D eigenvalue weighted by molar-refractivity contribution is 7.15. The van der Waals surface area contributed by atoms with Gasteiger partial charge in [0.05, 0.1) is 4.88 Å². The second-order valence-corrected chi connectivity index (χ2v) is 7.12. The molecule has 4 nitrogen and oxygen atoms in total. The van der Waals surface area contributed by atoms with E-state index >= 15 is 0 Å². The average Bonchev–Trinajstić information content (AvgIpc) is 3.07. The first-order valence-corrected chi connectivity index (χ1v) is 8.71. The second kappa shape index (κ2) is 7.13. The number of carboxylic acid groups (broad SMARTS) is 1. The molecule has 24 heavy (non-hydrogen) atoms. The predicted octanol–water partition coefficient (Wildman–Crippen LogP) is 3.68. The van der Waals surface area contributed by atoms with Crippen molar-refractivity contribution in [3.8, 4) is 0 Å². The van der Waals surface area contributed by atoms with Gasteiger partial charge < -0.3 is 10.0 Å². The molecule has 0 aliphatic carbocycles. The predicted molar refractivity (Wildman–Crippen MR) is 90.0 cm³/mol. The molecule has 0 atom stereocenters. The van der Waals surface area contributed by atoms with E-state index in [1.807, 2.05) is 12.1 Å². The van der Waals surface area contributed by atoms with Gasteiger partial charge in [-0.3, -0.25) is 4.79 Å². The number of rotatable bonds is 4. The number of thiophene rings is 1. The number of likely N-dealkylation sites (tertiary alicyclic amines) is 1. The number of aromatic carboxylic acids is 1. The monoisotopic (exact) mass is 347 g/mol. The van der Waals surface area contributed by atoms with Crippen molar-refractivity contribution in [2.45, 2.75) is 19.3 Å². The number of carbonyl (C=O) groups is 2. The lowest BCUT2D eigenvalue weighted by Gasteiger charge is -2.31. The highest BCUT2D eigenvalue weighted by Crippen LogP contribution is 2.25. The van der Waals surface area contributed by atoms with Crippen LogP contribution in [0, 0.1) is 11.7 Å². The van der Waals surface area contributed by atoms with Gasteiger partial charge >= 0.3 is 5.97 Å². The number of halogens is 1. The van der Waals surface area contributed by atoms with Crippen LogP contribution in [0.15, 0.2) is 36.4 Å². The molecule has 1 aliphatic heterocycles. The first-order valence-electron chi connectivity index (χ1n) is 7.90. The molecule has 0 radical (unpaired) electrons. The molecule has 1 saturated heterocycles. The fraction of sp³-hybridized carbons (Fsp3) is 0.333. The number of amides is 1. The third-order valence-electron chi connectivity index (χ3n) is 4.37. The van der Waals surface area contributed by atoms with Crippen LogP contribution >= 0.6 is 11.3 Å². The van der Waals surface area contributed by atoms with Gasteiger partial charge in [-0.25, -0.2) is 9.18 Å². The molecule has 3 rings (SSSR count). The molecule has 0 saturated carbocycles. The minimum absolute atomic E-state index is 0.0901. The van der Waals surface area contributed by atoms with Crippen LogP contribution in [0.4, 0.5) is 4.39 Å². The normalized spacial score (nSPS) is 15.5. The second-order valence-electron chi connectivity index (χ2n) is 6.04. The van der Waals surface area contributed by atoms with Gasteiger partial charge in [0.1, 0.15) is 10.7 Å². The van der Waals surface area contributed by atoms with Gasteiger partial charge in [0.25, 0.3) is 5.91 Å². The summed E-state index contributed by atoms with van der Waals surface area (Å²) in [6.45, 7) is 1.34. The molecule has 126 valence electrons. The largest absolute Gasteiger partial charge is 0.477 e. The van der Waals surface area contributed by atoms with Crippen LogP contribution in [0.2, 0.25) is 0 Å². The fourth-order valence-corrected chi connectivity index (χ4v) is 3.83. The van der Waals surface area contributed by atoms with Gasteiger partial charge in [0.2, 0.25) is 0 Å². The quantitative estimate of drug-likeness (QED) is 0.918. The van der Waals surface area contributed by atoms with Crippen molar-refractivity contribution in [2.24, 2.45) is 5.92 Å². The first kappa shape index (κ1) is 16.6. The summed E-state index contributed by atoms with van der Waals surface area (Å²) in [6, 6.07) is 9.64. The lowest BCUT2D eigenvalue weighted by molar-refractivity contribution is 0.0691. The molecule has 6 heteroatoms. The van der Waals surface area contributed by atoms with Crippen molar-refractivity contribution < 1.29 is 19.1 Å². The van der Waals surface area contributed by atoms with Crippen LogP contribution in [-0.4, -0.2) is 35.0 Å². The maximum absolute atomic E-state index is 12.9. The molecule has 0 unspecified atom stereocenters. The van der Waals surface area contributed by atoms with E-state index in [0.29, 0.717) is 23.9 Å². The zero-order chi connectivity index (χ0) is 17.1. The van der Waals surface area contributed by atoms with E-state index in [-0.39, 0.29) is 16.6 Å². The molecule has 0 bridgehead atoms. The van der Waals surface area contributed by atoms with Crippen LogP contribution in [0.3, 0.4) is 0 Å². The van der Waals surface area contributed by atoms with Gasteiger partial charge in [-0.15, -0.1) is 11.3 Å². The maximum Gasteiger partial charge on any atom is 0.345 e. The Bertz CT molecular complexity index is 733. The lowest BCUT2D eigenvalue weighted by atomic mass is 9.90. The molecule has 1 aromatic heterocycles. The summed E-state index contributed by atoms with van der Waals surface area (Å²) >= 11 is 1.02. The van der Waals surface area contributed by atoms with E-state index in [2.05, 4.69) is 0 Å². The smallest absolute Gasteiger partial charge is 0.345 e. The Morgan fingerprint density at radius 1 is 1.08 bits per heavy atom. The van der Waals surface area contributed by atoms with E-state index in [9.17, 15) is 14.0 Å². The molecule has 1 fully saturated rings. The van der Waals surface area contributed by atoms with Crippen LogP contribution < -0.4 is 0 Å². The summed E-state index contributed by atoms with van der Waals surface area (Å²) < 4.78 is 12.9. The number of piperidine rings is 1. The van der Waals surface area contributed by atoms with Crippen molar-refractivity contribution in [2.75, 3.05) is 13.1 Å². The Labute approximate surface area is 143 Å². The number of benzene rings is 1. The van der Waals surface area contributed by atoms with Gasteiger partial charge in [0.15, 0.2) is 0 Å². The van der Waals surface area contributed by atoms with Crippen LogP contribution in [0.5, 0.6) is 0 Å². The lowest BCUT2D eigenvalue weighted by Crippen LogP contribution is -2.38. The molecule has 2 heterocycles. The van der Waals surface area contributed by atoms with Crippen LogP contribution in [0.1, 0.15) is 37.7 Å². The van der Waals surface area contributed by atoms with Crippen molar-refractivity contribution in [3.05, 3.63) is 57.5 Å². The van der Waals surface area contributed by atoms with Crippen molar-refractivity contribution >= 4 is 23.2 Å². The summed E-state index contributed by atoms with van der Waals surface area (Å²) in [4.78, 5) is 25.8. The summed E-state index contributed by atoms with van der Waals surface area (Å²) in [5, 5.41) is 8.94. The maximum atomic E-state index is 12.9. The van der Waals surface area contributed by atoms with Crippen molar-refractivity contribution in [1.82, 2.24) is 4.90 Å². The summed E-state index contributed by atoms with van der Waals surface area (Å²) in [7, 11) is 0. The molecule has 2 aromatic rings. The van der Waals surface area contributed by atoms with Crippen molar-refractivity contribution in [3.63, 3.8) is 0 Å². The number of hydrogen-bond donors (Lipinski definition) is 1. The average molecular weight is 347 g/mol. The molecular formula is C18H18FNO3S. The highest BCUT2D eigenvalue weighted by Gasteiger charge is 2.25. The zero-order valence-corrected chi connectivity index (χ0v) is 13.9. The van der Waals surface area contributed by atoms with Gasteiger partial charge in [-0.2, -0.15) is 0 Å². The van der Waals surface area contributed by atoms with E-state index in [0.717, 1.165) is 36.2 Å². The third kappa shape index (κ3) is 3.82. The topological polar surface area (TPSA) is 57.6 Å². The Morgan fingerprint density at radius 3 is 2.29 bits per heavy atom. The number of nitrogens with zero attached hydrogens (tertiary/aromatic N) is 1. The highest BCUT2D eigenvalue weighted by atomic mass is 32.1.